The number of allylic oxidation sites excluding steroid dienone is 2. The molecule has 1 aliphatic carbocycles. The van der Waals surface area contributed by atoms with Gasteiger partial charge in [-0.25, -0.2) is 14.1 Å². The molecule has 1 unspecified atom stereocenters. The molecule has 23 heavy (non-hydrogen) atoms. The normalized spacial score (nSPS) is 17.9. The van der Waals surface area contributed by atoms with E-state index in [2.05, 4.69) is 23.9 Å². The Morgan fingerprint density at radius 3 is 2.70 bits per heavy atom. The molecule has 0 spiro atoms. The summed E-state index contributed by atoms with van der Waals surface area (Å²) in [6.07, 6.45) is 5.49. The van der Waals surface area contributed by atoms with Gasteiger partial charge in [0.1, 0.15) is 11.6 Å². The fourth-order valence-corrected chi connectivity index (χ4v) is 2.63. The number of aryl methyl sites for hydroxylation is 1. The second-order valence-electron chi connectivity index (χ2n) is 5.70. The van der Waals surface area contributed by atoms with Crippen molar-refractivity contribution in [3.63, 3.8) is 0 Å². The number of fused-ring (bicyclic) bond motifs is 1. The van der Waals surface area contributed by atoms with Gasteiger partial charge in [0.15, 0.2) is 0 Å². The van der Waals surface area contributed by atoms with Gasteiger partial charge >= 0.3 is 0 Å². The van der Waals surface area contributed by atoms with Crippen LogP contribution in [-0.4, -0.2) is 20.5 Å². The molecule has 2 aliphatic rings. The standard InChI is InChI=1S/C15H11FN3O.C3H8/c16-12-4-2-1-3-10(12)11-7-8-19-15(11)17-14(18-19)13(20)9-5-6-9;1-3-2/h1-6,11H,7-8H2;3H2,1-2H3. The van der Waals surface area contributed by atoms with E-state index in [1.54, 1.807) is 29.3 Å². The van der Waals surface area contributed by atoms with Crippen LogP contribution in [-0.2, 0) is 6.54 Å². The highest BCUT2D eigenvalue weighted by Crippen LogP contribution is 2.34. The zero-order valence-electron chi connectivity index (χ0n) is 13.3. The van der Waals surface area contributed by atoms with E-state index in [1.807, 2.05) is 6.07 Å². The lowest BCUT2D eigenvalue weighted by Gasteiger charge is -2.08. The number of carbonyl (C=O) groups is 1. The minimum absolute atomic E-state index is 0.123. The van der Waals surface area contributed by atoms with E-state index in [-0.39, 0.29) is 23.3 Å². The second kappa shape index (κ2) is 6.44. The first-order valence-corrected chi connectivity index (χ1v) is 7.94. The van der Waals surface area contributed by atoms with Crippen LogP contribution in [0.15, 0.2) is 35.9 Å². The summed E-state index contributed by atoms with van der Waals surface area (Å²) in [5, 5.41) is 4.23. The summed E-state index contributed by atoms with van der Waals surface area (Å²) in [6.45, 7) is 4.91. The molecule has 5 heteroatoms. The maximum Gasteiger partial charge on any atom is 0.228 e. The fourth-order valence-electron chi connectivity index (χ4n) is 2.63. The van der Waals surface area contributed by atoms with E-state index < -0.39 is 0 Å². The Labute approximate surface area is 135 Å². The van der Waals surface area contributed by atoms with E-state index in [4.69, 9.17) is 0 Å². The molecule has 0 fully saturated rings. The van der Waals surface area contributed by atoms with E-state index in [0.717, 1.165) is 6.42 Å². The zero-order chi connectivity index (χ0) is 16.4. The second-order valence-corrected chi connectivity index (χ2v) is 5.70. The number of aromatic nitrogens is 3. The fraction of sp³-hybridized carbons (Fsp3) is 0.333. The van der Waals surface area contributed by atoms with Gasteiger partial charge in [0.2, 0.25) is 11.6 Å². The van der Waals surface area contributed by atoms with Crippen LogP contribution in [0, 0.1) is 12.2 Å². The minimum Gasteiger partial charge on any atom is -0.285 e. The summed E-state index contributed by atoms with van der Waals surface area (Å²) in [5.74, 6) is 0.377. The first kappa shape index (κ1) is 15.6. The molecule has 0 N–H and O–H groups in total. The lowest BCUT2D eigenvalue weighted by atomic mass is 9.97. The number of halogens is 1. The number of benzene rings is 1. The summed E-state index contributed by atoms with van der Waals surface area (Å²) in [5.41, 5.74) is 1.27. The van der Waals surface area contributed by atoms with Crippen LogP contribution in [0.2, 0.25) is 0 Å². The van der Waals surface area contributed by atoms with E-state index >= 15 is 0 Å². The minimum atomic E-state index is -0.236. The molecule has 2 aromatic rings. The molecular weight excluding hydrogens is 293 g/mol. The maximum atomic E-state index is 13.9. The monoisotopic (exact) mass is 312 g/mol. The van der Waals surface area contributed by atoms with Gasteiger partial charge in [0.25, 0.3) is 0 Å². The summed E-state index contributed by atoms with van der Waals surface area (Å²) in [7, 11) is 0. The number of hydrogen-bond donors (Lipinski definition) is 0. The zero-order valence-corrected chi connectivity index (χ0v) is 13.3. The highest BCUT2D eigenvalue weighted by Gasteiger charge is 2.32. The number of ketones is 1. The molecule has 1 aliphatic heterocycles. The molecule has 1 radical (unpaired) electrons. The Hall–Kier alpha value is -2.30. The molecule has 1 aromatic heterocycles. The van der Waals surface area contributed by atoms with Crippen LogP contribution in [0.5, 0.6) is 0 Å². The number of Topliss-reactive ketones (excluding diaryl/α,β-unsaturated/α-hetero) is 1. The van der Waals surface area contributed by atoms with Crippen molar-refractivity contribution in [1.29, 1.82) is 0 Å². The summed E-state index contributed by atoms with van der Waals surface area (Å²) < 4.78 is 15.6. The SMILES string of the molecule is CCC.O=C(C1=C[CH]1)c1nc2n(n1)CCC2c1ccccc1F. The highest BCUT2D eigenvalue weighted by atomic mass is 19.1. The number of rotatable bonds is 3. The Balaban J connectivity index is 0.000000485. The largest absolute Gasteiger partial charge is 0.285 e. The van der Waals surface area contributed by atoms with Crippen molar-refractivity contribution >= 4 is 5.78 Å². The smallest absolute Gasteiger partial charge is 0.228 e. The quantitative estimate of drug-likeness (QED) is 0.812. The Morgan fingerprint density at radius 1 is 1.35 bits per heavy atom. The van der Waals surface area contributed by atoms with Crippen molar-refractivity contribution in [3.05, 3.63) is 65.4 Å². The van der Waals surface area contributed by atoms with Crippen molar-refractivity contribution in [1.82, 2.24) is 14.8 Å². The summed E-state index contributed by atoms with van der Waals surface area (Å²) in [6, 6.07) is 6.70. The third-order valence-electron chi connectivity index (χ3n) is 3.72. The molecule has 1 atom stereocenters. The van der Waals surface area contributed by atoms with Gasteiger partial charge in [-0.05, 0) is 18.1 Å². The third kappa shape index (κ3) is 3.09. The van der Waals surface area contributed by atoms with Crippen molar-refractivity contribution in [2.24, 2.45) is 0 Å². The number of carbonyl (C=O) groups excluding carboxylic acids is 1. The molecule has 1 aromatic carbocycles. The van der Waals surface area contributed by atoms with Gasteiger partial charge in [-0.1, -0.05) is 44.5 Å². The van der Waals surface area contributed by atoms with Crippen molar-refractivity contribution < 1.29 is 9.18 Å². The van der Waals surface area contributed by atoms with Gasteiger partial charge < -0.3 is 0 Å². The van der Waals surface area contributed by atoms with E-state index in [0.29, 0.717) is 23.5 Å². The third-order valence-corrected chi connectivity index (χ3v) is 3.72. The molecule has 4 nitrogen and oxygen atoms in total. The van der Waals surface area contributed by atoms with Crippen molar-refractivity contribution in [2.75, 3.05) is 0 Å². The molecular formula is C18H19FN3O. The molecule has 119 valence electrons. The molecule has 0 saturated heterocycles. The molecule has 0 amide bonds. The predicted octanol–water partition coefficient (Wildman–Crippen LogP) is 3.70. The van der Waals surface area contributed by atoms with Crippen LogP contribution in [0.3, 0.4) is 0 Å². The Morgan fingerprint density at radius 2 is 2.04 bits per heavy atom. The lowest BCUT2D eigenvalue weighted by Crippen LogP contribution is -2.04. The number of hydrogen-bond acceptors (Lipinski definition) is 3. The highest BCUT2D eigenvalue weighted by molar-refractivity contribution is 6.11. The average molecular weight is 312 g/mol. The molecule has 2 heterocycles. The number of nitrogens with zero attached hydrogens (tertiary/aromatic N) is 3. The first-order chi connectivity index (χ1) is 11.2. The van der Waals surface area contributed by atoms with Crippen LogP contribution < -0.4 is 0 Å². The van der Waals surface area contributed by atoms with Gasteiger partial charge in [-0.2, -0.15) is 0 Å². The lowest BCUT2D eigenvalue weighted by molar-refractivity contribution is 0.103. The van der Waals surface area contributed by atoms with Crippen molar-refractivity contribution in [2.45, 2.75) is 39.2 Å². The van der Waals surface area contributed by atoms with Gasteiger partial charge in [0, 0.05) is 24.5 Å². The van der Waals surface area contributed by atoms with E-state index in [9.17, 15) is 9.18 Å². The Bertz CT molecular complexity index is 763. The van der Waals surface area contributed by atoms with Crippen molar-refractivity contribution in [3.8, 4) is 0 Å². The van der Waals surface area contributed by atoms with Gasteiger partial charge in [-0.15, -0.1) is 5.10 Å². The van der Waals surface area contributed by atoms with E-state index in [1.165, 1.54) is 12.5 Å². The molecule has 4 rings (SSSR count). The van der Waals surface area contributed by atoms with Crippen LogP contribution in [0.25, 0.3) is 0 Å². The molecule has 0 saturated carbocycles. The summed E-state index contributed by atoms with van der Waals surface area (Å²) >= 11 is 0. The molecule has 0 bridgehead atoms. The predicted molar refractivity (Wildman–Crippen MR) is 85.6 cm³/mol. The maximum absolute atomic E-state index is 13.9. The van der Waals surface area contributed by atoms with Crippen LogP contribution in [0.4, 0.5) is 4.39 Å². The van der Waals surface area contributed by atoms with Crippen LogP contribution in [0.1, 0.15) is 54.6 Å². The summed E-state index contributed by atoms with van der Waals surface area (Å²) in [4.78, 5) is 16.2. The first-order valence-electron chi connectivity index (χ1n) is 7.94. The average Bonchev–Trinajstić information content (AvgIpc) is 3.18. The van der Waals surface area contributed by atoms with Gasteiger partial charge in [0.05, 0.1) is 0 Å². The topological polar surface area (TPSA) is 47.8 Å². The van der Waals surface area contributed by atoms with Crippen LogP contribution >= 0.6 is 0 Å². The van der Waals surface area contributed by atoms with Gasteiger partial charge in [-0.3, -0.25) is 4.79 Å². The Kier molecular flexibility index (Phi) is 4.37.